The Labute approximate surface area is 143 Å². The Hall–Kier alpha value is -1.37. The van der Waals surface area contributed by atoms with Crippen LogP contribution in [0.3, 0.4) is 0 Å². The highest BCUT2D eigenvalue weighted by Gasteiger charge is 2.38. The van der Waals surface area contributed by atoms with E-state index in [4.69, 9.17) is 44.3 Å². The zero-order valence-electron chi connectivity index (χ0n) is 11.8. The molecule has 1 aromatic rings. The lowest BCUT2D eigenvalue weighted by Gasteiger charge is -2.25. The first-order valence-electron chi connectivity index (χ1n) is 6.25. The molecule has 0 unspecified atom stereocenters. The van der Waals surface area contributed by atoms with Crippen molar-refractivity contribution in [3.8, 4) is 0 Å². The van der Waals surface area contributed by atoms with Gasteiger partial charge in [-0.25, -0.2) is 9.59 Å². The van der Waals surface area contributed by atoms with Crippen LogP contribution in [-0.2, 0) is 9.47 Å². The Morgan fingerprint density at radius 3 is 2.14 bits per heavy atom. The number of carbonyl (C=O) groups excluding carboxylic acids is 2. The Kier molecular flexibility index (Phi) is 7.06. The summed E-state index contributed by atoms with van der Waals surface area (Å²) in [7, 11) is 0. The van der Waals surface area contributed by atoms with Crippen LogP contribution in [0.25, 0.3) is 0 Å². The molecular weight excluding hydrogens is 355 g/mol. The minimum absolute atomic E-state index is 0.380. The molecule has 0 aliphatic rings. The summed E-state index contributed by atoms with van der Waals surface area (Å²) >= 11 is 17.0. The van der Waals surface area contributed by atoms with E-state index in [-0.39, 0.29) is 6.10 Å². The van der Waals surface area contributed by atoms with Crippen molar-refractivity contribution in [2.45, 2.75) is 30.0 Å². The number of alkyl carbamates (subject to hydrolysis) is 1. The van der Waals surface area contributed by atoms with Crippen LogP contribution in [0.1, 0.15) is 13.8 Å². The molecule has 1 aromatic carbocycles. The first-order valence-corrected chi connectivity index (χ1v) is 7.38. The lowest BCUT2D eigenvalue weighted by Crippen LogP contribution is -2.48. The van der Waals surface area contributed by atoms with Crippen molar-refractivity contribution in [2.24, 2.45) is 0 Å². The molecule has 2 amide bonds. The Morgan fingerprint density at radius 2 is 1.64 bits per heavy atom. The first-order chi connectivity index (χ1) is 10.2. The Morgan fingerprint density at radius 1 is 1.05 bits per heavy atom. The molecule has 1 atom stereocenters. The van der Waals surface area contributed by atoms with E-state index < -0.39 is 22.2 Å². The van der Waals surface area contributed by atoms with E-state index in [1.807, 2.05) is 0 Å². The summed E-state index contributed by atoms with van der Waals surface area (Å²) in [6, 6.07) is 8.52. The van der Waals surface area contributed by atoms with Gasteiger partial charge in [-0.15, -0.1) is 0 Å². The lowest BCUT2D eigenvalue weighted by atomic mass is 10.3. The quantitative estimate of drug-likeness (QED) is 0.619. The summed E-state index contributed by atoms with van der Waals surface area (Å²) in [5.41, 5.74) is 0.486. The number of ether oxygens (including phenoxy) is 2. The van der Waals surface area contributed by atoms with Crippen LogP contribution in [-0.4, -0.2) is 28.3 Å². The normalized spacial score (nSPS) is 12.5. The van der Waals surface area contributed by atoms with Crippen LogP contribution in [0.5, 0.6) is 0 Å². The third-order valence-electron chi connectivity index (χ3n) is 2.13. The van der Waals surface area contributed by atoms with Gasteiger partial charge in [0.25, 0.3) is 0 Å². The van der Waals surface area contributed by atoms with Gasteiger partial charge in [-0.2, -0.15) is 0 Å². The molecule has 9 heteroatoms. The minimum Gasteiger partial charge on any atom is -0.447 e. The predicted octanol–water partition coefficient (Wildman–Crippen LogP) is 4.07. The van der Waals surface area contributed by atoms with Crippen LogP contribution >= 0.6 is 34.8 Å². The molecule has 2 N–H and O–H groups in total. The van der Waals surface area contributed by atoms with Gasteiger partial charge in [-0.1, -0.05) is 53.0 Å². The zero-order chi connectivity index (χ0) is 16.8. The highest BCUT2D eigenvalue weighted by molar-refractivity contribution is 6.68. The molecule has 0 saturated heterocycles. The first kappa shape index (κ1) is 18.7. The predicted molar refractivity (Wildman–Crippen MR) is 85.4 cm³/mol. The van der Waals surface area contributed by atoms with Crippen molar-refractivity contribution in [3.63, 3.8) is 0 Å². The summed E-state index contributed by atoms with van der Waals surface area (Å²) in [4.78, 5) is 23.3. The van der Waals surface area contributed by atoms with Gasteiger partial charge in [0.15, 0.2) is 0 Å². The van der Waals surface area contributed by atoms with Crippen molar-refractivity contribution < 1.29 is 19.1 Å². The molecule has 0 aromatic heterocycles. The maximum atomic E-state index is 11.8. The van der Waals surface area contributed by atoms with E-state index in [0.29, 0.717) is 5.69 Å². The average molecular weight is 370 g/mol. The molecule has 0 fully saturated rings. The standard InChI is InChI=1S/C13H15Cl3N2O4/c1-8(2)21-12(20)18-10(13(14,15)16)22-11(19)17-9-6-4-3-5-7-9/h3-8,10H,1-2H3,(H,17,19)(H,18,20)/t10-/m1/s1. The maximum Gasteiger partial charge on any atom is 0.413 e. The highest BCUT2D eigenvalue weighted by atomic mass is 35.6. The van der Waals surface area contributed by atoms with Gasteiger partial charge in [0.2, 0.25) is 10.0 Å². The second-order valence-electron chi connectivity index (χ2n) is 4.42. The van der Waals surface area contributed by atoms with Gasteiger partial charge >= 0.3 is 12.2 Å². The van der Waals surface area contributed by atoms with Gasteiger partial charge in [0.1, 0.15) is 0 Å². The van der Waals surface area contributed by atoms with E-state index in [2.05, 4.69) is 10.6 Å². The van der Waals surface area contributed by atoms with Crippen LogP contribution < -0.4 is 10.6 Å². The molecule has 0 aliphatic heterocycles. The van der Waals surface area contributed by atoms with Crippen molar-refractivity contribution in [2.75, 3.05) is 5.32 Å². The Balaban J connectivity index is 2.65. The molecule has 0 radical (unpaired) electrons. The molecule has 0 saturated carbocycles. The Bertz CT molecular complexity index is 506. The summed E-state index contributed by atoms with van der Waals surface area (Å²) in [5.74, 6) is 0. The molecule has 0 bridgehead atoms. The second-order valence-corrected chi connectivity index (χ2v) is 6.79. The summed E-state index contributed by atoms with van der Waals surface area (Å²) in [5, 5.41) is 4.59. The van der Waals surface area contributed by atoms with Gasteiger partial charge in [-0.3, -0.25) is 10.6 Å². The number of para-hydroxylation sites is 1. The van der Waals surface area contributed by atoms with Gasteiger partial charge < -0.3 is 9.47 Å². The van der Waals surface area contributed by atoms with E-state index in [1.165, 1.54) is 0 Å². The molecule has 122 valence electrons. The number of anilines is 1. The number of carbonyl (C=O) groups is 2. The third kappa shape index (κ3) is 7.06. The van der Waals surface area contributed by atoms with E-state index in [0.717, 1.165) is 0 Å². The smallest absolute Gasteiger partial charge is 0.413 e. The number of amides is 2. The van der Waals surface area contributed by atoms with Crippen LogP contribution in [0.2, 0.25) is 0 Å². The fourth-order valence-electron chi connectivity index (χ4n) is 1.31. The summed E-state index contributed by atoms with van der Waals surface area (Å²) < 4.78 is 7.69. The van der Waals surface area contributed by atoms with E-state index in [9.17, 15) is 9.59 Å². The lowest BCUT2D eigenvalue weighted by molar-refractivity contribution is 0.0677. The molecule has 22 heavy (non-hydrogen) atoms. The molecule has 0 aliphatic carbocycles. The van der Waals surface area contributed by atoms with Crippen LogP contribution in [0.4, 0.5) is 15.3 Å². The van der Waals surface area contributed by atoms with Crippen molar-refractivity contribution >= 4 is 52.7 Å². The number of hydrogen-bond acceptors (Lipinski definition) is 4. The topological polar surface area (TPSA) is 76.7 Å². The van der Waals surface area contributed by atoms with Gasteiger partial charge in [0, 0.05) is 5.69 Å². The monoisotopic (exact) mass is 368 g/mol. The number of rotatable bonds is 4. The molecule has 1 rings (SSSR count). The molecular formula is C13H15Cl3N2O4. The molecule has 0 heterocycles. The number of halogens is 3. The number of nitrogens with one attached hydrogen (secondary N) is 2. The zero-order valence-corrected chi connectivity index (χ0v) is 14.1. The number of benzene rings is 1. The fraction of sp³-hybridized carbons (Fsp3) is 0.385. The van der Waals surface area contributed by atoms with E-state index in [1.54, 1.807) is 44.2 Å². The van der Waals surface area contributed by atoms with Gasteiger partial charge in [-0.05, 0) is 26.0 Å². The van der Waals surface area contributed by atoms with Crippen molar-refractivity contribution in [3.05, 3.63) is 30.3 Å². The van der Waals surface area contributed by atoms with Gasteiger partial charge in [0.05, 0.1) is 6.10 Å². The third-order valence-corrected chi connectivity index (χ3v) is 2.73. The average Bonchev–Trinajstić information content (AvgIpc) is 2.37. The van der Waals surface area contributed by atoms with E-state index >= 15 is 0 Å². The molecule has 6 nitrogen and oxygen atoms in total. The van der Waals surface area contributed by atoms with Crippen LogP contribution in [0, 0.1) is 0 Å². The molecule has 0 spiro atoms. The van der Waals surface area contributed by atoms with Crippen LogP contribution in [0.15, 0.2) is 30.3 Å². The van der Waals surface area contributed by atoms with Crippen molar-refractivity contribution in [1.29, 1.82) is 0 Å². The maximum absolute atomic E-state index is 11.8. The number of hydrogen-bond donors (Lipinski definition) is 2. The largest absolute Gasteiger partial charge is 0.447 e. The summed E-state index contributed by atoms with van der Waals surface area (Å²) in [6.45, 7) is 3.29. The SMILES string of the molecule is CC(C)OC(=O)N[C@H](OC(=O)Nc1ccccc1)C(Cl)(Cl)Cl. The van der Waals surface area contributed by atoms with Crippen molar-refractivity contribution in [1.82, 2.24) is 5.32 Å². The second kappa shape index (κ2) is 8.31. The highest BCUT2D eigenvalue weighted by Crippen LogP contribution is 2.31. The fourth-order valence-corrected chi connectivity index (χ4v) is 1.61. The summed E-state index contributed by atoms with van der Waals surface area (Å²) in [6.07, 6.45) is -3.67. The minimum atomic E-state index is -2.07. The number of alkyl halides is 3.